The number of piperidine rings is 1. The number of nitrogens with zero attached hydrogens (tertiary/aromatic N) is 1. The fourth-order valence-electron chi connectivity index (χ4n) is 4.85. The van der Waals surface area contributed by atoms with Crippen molar-refractivity contribution < 1.29 is 17.9 Å². The molecule has 0 saturated carbocycles. The second kappa shape index (κ2) is 8.22. The van der Waals surface area contributed by atoms with Crippen LogP contribution in [0.15, 0.2) is 59.5 Å². The summed E-state index contributed by atoms with van der Waals surface area (Å²) in [5, 5.41) is 5.37. The highest BCUT2D eigenvalue weighted by Crippen LogP contribution is 2.33. The molecular formula is C25H26N2O4S. The van der Waals surface area contributed by atoms with Crippen LogP contribution in [0.25, 0.3) is 10.8 Å². The monoisotopic (exact) mass is 450 g/mol. The first-order chi connectivity index (χ1) is 15.5. The number of amides is 1. The van der Waals surface area contributed by atoms with Crippen LogP contribution >= 0.6 is 0 Å². The predicted octanol–water partition coefficient (Wildman–Crippen LogP) is 3.53. The highest BCUT2D eigenvalue weighted by molar-refractivity contribution is 7.89. The summed E-state index contributed by atoms with van der Waals surface area (Å²) in [6.45, 7) is 0.756. The van der Waals surface area contributed by atoms with Gasteiger partial charge in [-0.25, -0.2) is 8.42 Å². The van der Waals surface area contributed by atoms with E-state index >= 15 is 0 Å². The van der Waals surface area contributed by atoms with E-state index in [-0.39, 0.29) is 16.8 Å². The van der Waals surface area contributed by atoms with E-state index < -0.39 is 10.0 Å². The van der Waals surface area contributed by atoms with Gasteiger partial charge in [0.15, 0.2) is 0 Å². The van der Waals surface area contributed by atoms with Gasteiger partial charge in [-0.2, -0.15) is 4.31 Å². The maximum Gasteiger partial charge on any atom is 0.252 e. The van der Waals surface area contributed by atoms with Crippen LogP contribution in [0.4, 0.5) is 0 Å². The minimum Gasteiger partial charge on any atom is -0.497 e. The normalized spacial score (nSPS) is 16.9. The summed E-state index contributed by atoms with van der Waals surface area (Å²) in [6.07, 6.45) is 3.22. The van der Waals surface area contributed by atoms with Crippen LogP contribution in [0.1, 0.15) is 34.3 Å². The average molecular weight is 451 g/mol. The molecule has 0 spiro atoms. The van der Waals surface area contributed by atoms with Gasteiger partial charge in [0.25, 0.3) is 5.91 Å². The Bertz CT molecular complexity index is 1270. The average Bonchev–Trinajstić information content (AvgIpc) is 3.24. The summed E-state index contributed by atoms with van der Waals surface area (Å²) in [6, 6.07) is 16.6. The van der Waals surface area contributed by atoms with Crippen molar-refractivity contribution in [3.63, 3.8) is 0 Å². The lowest BCUT2D eigenvalue weighted by Crippen LogP contribution is -2.46. The number of aryl methyl sites for hydroxylation is 2. The number of benzene rings is 3. The Kier molecular flexibility index (Phi) is 5.39. The van der Waals surface area contributed by atoms with Crippen LogP contribution in [0.3, 0.4) is 0 Å². The topological polar surface area (TPSA) is 75.7 Å². The van der Waals surface area contributed by atoms with Crippen LogP contribution in [0.5, 0.6) is 5.75 Å². The summed E-state index contributed by atoms with van der Waals surface area (Å²) in [7, 11) is -2.01. The quantitative estimate of drug-likeness (QED) is 0.645. The molecule has 1 aliphatic heterocycles. The zero-order chi connectivity index (χ0) is 22.3. The Morgan fingerprint density at radius 3 is 2.34 bits per heavy atom. The van der Waals surface area contributed by atoms with E-state index in [0.29, 0.717) is 37.2 Å². The van der Waals surface area contributed by atoms with E-state index in [1.165, 1.54) is 20.8 Å². The molecular weight excluding hydrogens is 424 g/mol. The molecule has 1 heterocycles. The number of hydrogen-bond acceptors (Lipinski definition) is 4. The van der Waals surface area contributed by atoms with Crippen LogP contribution in [-0.4, -0.2) is 44.9 Å². The highest BCUT2D eigenvalue weighted by atomic mass is 32.2. The molecule has 3 aromatic carbocycles. The van der Waals surface area contributed by atoms with Crippen LogP contribution in [0.2, 0.25) is 0 Å². The van der Waals surface area contributed by atoms with E-state index in [2.05, 4.69) is 17.4 Å². The Morgan fingerprint density at radius 1 is 0.969 bits per heavy atom. The number of carbonyl (C=O) groups excluding carboxylic acids is 1. The van der Waals surface area contributed by atoms with Crippen molar-refractivity contribution in [1.82, 2.24) is 9.62 Å². The van der Waals surface area contributed by atoms with E-state index in [9.17, 15) is 13.2 Å². The second-order valence-electron chi connectivity index (χ2n) is 8.44. The molecule has 5 rings (SSSR count). The van der Waals surface area contributed by atoms with Crippen molar-refractivity contribution in [1.29, 1.82) is 0 Å². The van der Waals surface area contributed by atoms with Crippen molar-refractivity contribution in [3.8, 4) is 5.75 Å². The van der Waals surface area contributed by atoms with Gasteiger partial charge in [-0.3, -0.25) is 4.79 Å². The molecule has 0 unspecified atom stereocenters. The summed E-state index contributed by atoms with van der Waals surface area (Å²) in [5.41, 5.74) is 3.31. The van der Waals surface area contributed by atoms with Gasteiger partial charge >= 0.3 is 0 Å². The standard InChI is InChI=1S/C25H26N2O4S/c1-31-20-8-10-21(11-9-20)32(29,30)27-15-13-19(14-16-27)26-25(28)23-12-7-18-6-5-17-3-2-4-22(23)24(17)18/h2-4,7-12,19H,5-6,13-16H2,1H3,(H,26,28). The van der Waals surface area contributed by atoms with Gasteiger partial charge in [-0.15, -0.1) is 0 Å². The van der Waals surface area contributed by atoms with Crippen molar-refractivity contribution in [2.75, 3.05) is 20.2 Å². The molecule has 1 aliphatic carbocycles. The third kappa shape index (κ3) is 3.65. The van der Waals surface area contributed by atoms with Crippen molar-refractivity contribution >= 4 is 26.7 Å². The van der Waals surface area contributed by atoms with Gasteiger partial charge in [0, 0.05) is 24.7 Å². The van der Waals surface area contributed by atoms with Crippen LogP contribution in [-0.2, 0) is 22.9 Å². The first-order valence-electron chi connectivity index (χ1n) is 11.0. The Labute approximate surface area is 188 Å². The third-order valence-electron chi connectivity index (χ3n) is 6.61. The SMILES string of the molecule is COc1ccc(S(=O)(=O)N2CCC(NC(=O)c3ccc4c5c(cccc35)CC4)CC2)cc1. The molecule has 6 nitrogen and oxygen atoms in total. The Balaban J connectivity index is 1.26. The van der Waals surface area contributed by atoms with E-state index in [1.807, 2.05) is 18.2 Å². The molecule has 7 heteroatoms. The number of sulfonamides is 1. The van der Waals surface area contributed by atoms with Crippen LogP contribution < -0.4 is 10.1 Å². The molecule has 0 bridgehead atoms. The van der Waals surface area contributed by atoms with Gasteiger partial charge < -0.3 is 10.1 Å². The summed E-state index contributed by atoms with van der Waals surface area (Å²) < 4.78 is 32.5. The van der Waals surface area contributed by atoms with Crippen molar-refractivity contribution in [2.45, 2.75) is 36.6 Å². The van der Waals surface area contributed by atoms with E-state index in [1.54, 1.807) is 31.4 Å². The van der Waals surface area contributed by atoms with Crippen LogP contribution in [0, 0.1) is 0 Å². The molecule has 0 aromatic heterocycles. The maximum absolute atomic E-state index is 13.1. The number of nitrogens with one attached hydrogen (secondary N) is 1. The lowest BCUT2D eigenvalue weighted by Gasteiger charge is -2.31. The lowest BCUT2D eigenvalue weighted by molar-refractivity contribution is 0.0925. The third-order valence-corrected chi connectivity index (χ3v) is 8.52. The number of ether oxygens (including phenoxy) is 1. The van der Waals surface area contributed by atoms with E-state index in [0.717, 1.165) is 18.2 Å². The molecule has 1 saturated heterocycles. The summed E-state index contributed by atoms with van der Waals surface area (Å²) in [4.78, 5) is 13.3. The first kappa shape index (κ1) is 21.0. The number of carbonyl (C=O) groups is 1. The van der Waals surface area contributed by atoms with Gasteiger partial charge in [0.1, 0.15) is 5.75 Å². The Hall–Kier alpha value is -2.90. The number of rotatable bonds is 5. The molecule has 3 aromatic rings. The first-order valence-corrected chi connectivity index (χ1v) is 12.4. The molecule has 0 radical (unpaired) electrons. The fourth-order valence-corrected chi connectivity index (χ4v) is 6.31. The molecule has 1 N–H and O–H groups in total. The fraction of sp³-hybridized carbons (Fsp3) is 0.320. The smallest absolute Gasteiger partial charge is 0.252 e. The summed E-state index contributed by atoms with van der Waals surface area (Å²) >= 11 is 0. The zero-order valence-electron chi connectivity index (χ0n) is 18.0. The maximum atomic E-state index is 13.1. The predicted molar refractivity (Wildman–Crippen MR) is 124 cm³/mol. The molecule has 1 fully saturated rings. The van der Waals surface area contributed by atoms with Gasteiger partial charge in [0.05, 0.1) is 12.0 Å². The number of methoxy groups -OCH3 is 1. The lowest BCUT2D eigenvalue weighted by atomic mass is 9.98. The highest BCUT2D eigenvalue weighted by Gasteiger charge is 2.30. The minimum absolute atomic E-state index is 0.0483. The molecule has 0 atom stereocenters. The van der Waals surface area contributed by atoms with Gasteiger partial charge in [-0.1, -0.05) is 24.3 Å². The molecule has 166 valence electrons. The molecule has 1 amide bonds. The van der Waals surface area contributed by atoms with Gasteiger partial charge in [0.2, 0.25) is 10.0 Å². The zero-order valence-corrected chi connectivity index (χ0v) is 18.8. The summed E-state index contributed by atoms with van der Waals surface area (Å²) in [5.74, 6) is 0.533. The van der Waals surface area contributed by atoms with E-state index in [4.69, 9.17) is 4.74 Å². The van der Waals surface area contributed by atoms with Gasteiger partial charge in [-0.05, 0) is 77.9 Å². The Morgan fingerprint density at radius 2 is 1.66 bits per heavy atom. The van der Waals surface area contributed by atoms with Crippen molar-refractivity contribution in [3.05, 3.63) is 71.3 Å². The molecule has 32 heavy (non-hydrogen) atoms. The number of hydrogen-bond donors (Lipinski definition) is 1. The molecule has 2 aliphatic rings. The second-order valence-corrected chi connectivity index (χ2v) is 10.4. The largest absolute Gasteiger partial charge is 0.497 e. The minimum atomic E-state index is -3.56. The van der Waals surface area contributed by atoms with Crippen molar-refractivity contribution in [2.24, 2.45) is 0 Å².